The first-order valence-corrected chi connectivity index (χ1v) is 13.1. The highest BCUT2D eigenvalue weighted by molar-refractivity contribution is 7.88. The second-order valence-corrected chi connectivity index (χ2v) is 11.1. The molecule has 1 fully saturated rings. The summed E-state index contributed by atoms with van der Waals surface area (Å²) in [6.07, 6.45) is 12.1. The molecule has 170 valence electrons. The van der Waals surface area contributed by atoms with Gasteiger partial charge in [0.05, 0.1) is 35.6 Å². The van der Waals surface area contributed by atoms with Crippen molar-refractivity contribution in [2.75, 3.05) is 37.3 Å². The largest absolute Gasteiger partial charge is 0.488 e. The molecule has 0 amide bonds. The molecule has 0 unspecified atom stereocenters. The van der Waals surface area contributed by atoms with E-state index in [9.17, 15) is 8.42 Å². The van der Waals surface area contributed by atoms with Gasteiger partial charge in [-0.2, -0.15) is 4.31 Å². The normalized spacial score (nSPS) is 22.4. The van der Waals surface area contributed by atoms with Gasteiger partial charge in [0.15, 0.2) is 0 Å². The van der Waals surface area contributed by atoms with E-state index in [0.717, 1.165) is 55.3 Å². The van der Waals surface area contributed by atoms with E-state index in [1.54, 1.807) is 12.4 Å². The summed E-state index contributed by atoms with van der Waals surface area (Å²) in [5.74, 6) is 2.08. The van der Waals surface area contributed by atoms with Crippen molar-refractivity contribution in [3.8, 4) is 5.75 Å². The minimum atomic E-state index is -3.15. The number of aromatic nitrogens is 3. The summed E-state index contributed by atoms with van der Waals surface area (Å²) < 4.78 is 31.2. The number of fused-ring (bicyclic) bond motifs is 1. The van der Waals surface area contributed by atoms with Gasteiger partial charge >= 0.3 is 0 Å². The smallest absolute Gasteiger partial charge is 0.225 e. The highest BCUT2D eigenvalue weighted by Gasteiger charge is 2.34. The van der Waals surface area contributed by atoms with Gasteiger partial charge in [-0.25, -0.2) is 18.4 Å². The van der Waals surface area contributed by atoms with Crippen molar-refractivity contribution in [3.63, 3.8) is 0 Å². The van der Waals surface area contributed by atoms with Gasteiger partial charge < -0.3 is 9.64 Å². The fraction of sp³-hybridized carbons (Fsp3) is 0.500. The standard InChI is InChI=1S/C22H26ClN5O3S/c1-32(29,30)28-8-4-15(5-9-28)19-10-17-11-20(31-21(17)14-24-19)16-2-6-27(7-3-16)22-25-12-18(23)13-26-22/h4,10,12-14,16,20H,2-3,5-9,11H2,1H3/t20-/m1/s1. The van der Waals surface area contributed by atoms with Crippen molar-refractivity contribution in [3.05, 3.63) is 47.0 Å². The number of halogens is 1. The van der Waals surface area contributed by atoms with Gasteiger partial charge in [-0.15, -0.1) is 0 Å². The topological polar surface area (TPSA) is 88.5 Å². The Hall–Kier alpha value is -2.23. The Morgan fingerprint density at radius 2 is 1.84 bits per heavy atom. The molecule has 3 aliphatic heterocycles. The predicted octanol–water partition coefficient (Wildman–Crippen LogP) is 2.79. The Bertz CT molecular complexity index is 1130. The molecule has 0 N–H and O–H groups in total. The van der Waals surface area contributed by atoms with Crippen LogP contribution in [0.3, 0.4) is 0 Å². The van der Waals surface area contributed by atoms with E-state index in [-0.39, 0.29) is 6.10 Å². The molecular weight excluding hydrogens is 450 g/mol. The molecule has 0 aliphatic carbocycles. The quantitative estimate of drug-likeness (QED) is 0.671. The van der Waals surface area contributed by atoms with Crippen molar-refractivity contribution in [2.45, 2.75) is 31.8 Å². The van der Waals surface area contributed by atoms with Crippen molar-refractivity contribution in [1.82, 2.24) is 19.3 Å². The monoisotopic (exact) mass is 475 g/mol. The molecule has 5 heterocycles. The van der Waals surface area contributed by atoms with E-state index in [2.05, 4.69) is 25.9 Å². The van der Waals surface area contributed by atoms with Gasteiger partial charge in [-0.1, -0.05) is 17.7 Å². The number of ether oxygens (including phenoxy) is 1. The number of hydrogen-bond donors (Lipinski definition) is 0. The third-order valence-corrected chi connectivity index (χ3v) is 8.04. The maximum Gasteiger partial charge on any atom is 0.225 e. The molecule has 8 nitrogen and oxygen atoms in total. The Morgan fingerprint density at radius 1 is 1.09 bits per heavy atom. The molecule has 0 aromatic carbocycles. The van der Waals surface area contributed by atoms with Crippen LogP contribution in [-0.4, -0.2) is 66.2 Å². The van der Waals surface area contributed by atoms with E-state index < -0.39 is 10.0 Å². The second kappa shape index (κ2) is 8.61. The van der Waals surface area contributed by atoms with Gasteiger partial charge in [-0.3, -0.25) is 4.98 Å². The number of pyridine rings is 1. The number of nitrogens with zero attached hydrogens (tertiary/aromatic N) is 5. The summed E-state index contributed by atoms with van der Waals surface area (Å²) in [5.41, 5.74) is 3.22. The summed E-state index contributed by atoms with van der Waals surface area (Å²) in [5, 5.41) is 0.547. The lowest BCUT2D eigenvalue weighted by Gasteiger charge is -2.34. The van der Waals surface area contributed by atoms with Crippen LogP contribution in [0.2, 0.25) is 5.02 Å². The highest BCUT2D eigenvalue weighted by atomic mass is 35.5. The minimum Gasteiger partial charge on any atom is -0.488 e. The Labute approximate surface area is 193 Å². The van der Waals surface area contributed by atoms with Crippen LogP contribution in [0.4, 0.5) is 5.95 Å². The zero-order chi connectivity index (χ0) is 22.3. The van der Waals surface area contributed by atoms with E-state index in [0.29, 0.717) is 30.5 Å². The van der Waals surface area contributed by atoms with Crippen molar-refractivity contribution in [2.24, 2.45) is 5.92 Å². The minimum absolute atomic E-state index is 0.163. The molecule has 0 bridgehead atoms. The van der Waals surface area contributed by atoms with E-state index in [4.69, 9.17) is 16.3 Å². The zero-order valence-electron chi connectivity index (χ0n) is 17.9. The fourth-order valence-corrected chi connectivity index (χ4v) is 5.60. The average molecular weight is 476 g/mol. The Morgan fingerprint density at radius 3 is 2.50 bits per heavy atom. The number of rotatable bonds is 4. The Kier molecular flexibility index (Phi) is 5.81. The zero-order valence-corrected chi connectivity index (χ0v) is 19.5. The van der Waals surface area contributed by atoms with Crippen molar-refractivity contribution in [1.29, 1.82) is 0 Å². The maximum atomic E-state index is 11.7. The molecule has 0 radical (unpaired) electrons. The average Bonchev–Trinajstić information content (AvgIpc) is 3.23. The Balaban J connectivity index is 1.21. The molecule has 3 aliphatic rings. The SMILES string of the molecule is CS(=O)(=O)N1CC=C(c2cc3c(cn2)O[C@@H](C2CCN(c4ncc(Cl)cn4)CC2)C3)CC1. The summed E-state index contributed by atoms with van der Waals surface area (Å²) in [4.78, 5) is 15.5. The van der Waals surface area contributed by atoms with E-state index in [1.807, 2.05) is 12.3 Å². The lowest BCUT2D eigenvalue weighted by atomic mass is 9.89. The van der Waals surface area contributed by atoms with Crippen molar-refractivity contribution >= 4 is 33.1 Å². The lowest BCUT2D eigenvalue weighted by molar-refractivity contribution is 0.138. The fourth-order valence-electron chi connectivity index (χ4n) is 4.73. The summed E-state index contributed by atoms with van der Waals surface area (Å²) in [6.45, 7) is 2.70. The van der Waals surface area contributed by atoms with Crippen LogP contribution in [0.25, 0.3) is 5.57 Å². The first-order chi connectivity index (χ1) is 15.4. The molecule has 0 spiro atoms. The van der Waals surface area contributed by atoms with E-state index >= 15 is 0 Å². The first-order valence-electron chi connectivity index (χ1n) is 10.9. The molecule has 5 rings (SSSR count). The van der Waals surface area contributed by atoms with Gasteiger partial charge in [0, 0.05) is 38.2 Å². The predicted molar refractivity (Wildman–Crippen MR) is 123 cm³/mol. The molecule has 10 heteroatoms. The van der Waals surface area contributed by atoms with E-state index in [1.165, 1.54) is 16.1 Å². The maximum absolute atomic E-state index is 11.7. The molecule has 2 aromatic heterocycles. The van der Waals surface area contributed by atoms with Crippen LogP contribution in [0.15, 0.2) is 30.7 Å². The van der Waals surface area contributed by atoms with Crippen LogP contribution in [0.5, 0.6) is 5.75 Å². The van der Waals surface area contributed by atoms with Crippen molar-refractivity contribution < 1.29 is 13.2 Å². The second-order valence-electron chi connectivity index (χ2n) is 8.66. The number of hydrogen-bond acceptors (Lipinski definition) is 7. The first kappa shape index (κ1) is 21.6. The summed E-state index contributed by atoms with van der Waals surface area (Å²) in [7, 11) is -3.15. The van der Waals surface area contributed by atoms with Crippen LogP contribution in [0.1, 0.15) is 30.5 Å². The third-order valence-electron chi connectivity index (χ3n) is 6.57. The molecule has 32 heavy (non-hydrogen) atoms. The molecule has 1 atom stereocenters. The molecule has 1 saturated heterocycles. The van der Waals surface area contributed by atoms with Gasteiger partial charge in [0.1, 0.15) is 11.9 Å². The summed E-state index contributed by atoms with van der Waals surface area (Å²) >= 11 is 5.89. The van der Waals surface area contributed by atoms with Gasteiger partial charge in [0.25, 0.3) is 0 Å². The van der Waals surface area contributed by atoms with Crippen LogP contribution in [-0.2, 0) is 16.4 Å². The number of piperidine rings is 1. The van der Waals surface area contributed by atoms with Crippen LogP contribution >= 0.6 is 11.6 Å². The lowest BCUT2D eigenvalue weighted by Crippen LogP contribution is -2.40. The van der Waals surface area contributed by atoms with Crippen LogP contribution < -0.4 is 9.64 Å². The van der Waals surface area contributed by atoms with Gasteiger partial charge in [0.2, 0.25) is 16.0 Å². The number of sulfonamides is 1. The summed E-state index contributed by atoms with van der Waals surface area (Å²) in [6, 6.07) is 2.12. The van der Waals surface area contributed by atoms with Crippen LogP contribution in [0, 0.1) is 5.92 Å². The molecule has 0 saturated carbocycles. The number of anilines is 1. The molecule has 2 aromatic rings. The van der Waals surface area contributed by atoms with Gasteiger partial charge in [-0.05, 0) is 36.8 Å². The molecular formula is C22H26ClN5O3S. The third kappa shape index (κ3) is 4.46. The highest BCUT2D eigenvalue weighted by Crippen LogP contribution is 2.37.